The summed E-state index contributed by atoms with van der Waals surface area (Å²) in [6.45, 7) is 3.77. The van der Waals surface area contributed by atoms with Crippen LogP contribution in [0.4, 0.5) is 0 Å². The first kappa shape index (κ1) is 12.2. The lowest BCUT2D eigenvalue weighted by Gasteiger charge is -2.10. The zero-order valence-corrected chi connectivity index (χ0v) is 10.1. The summed E-state index contributed by atoms with van der Waals surface area (Å²) in [6, 6.07) is 6.74. The molecule has 0 amide bonds. The van der Waals surface area contributed by atoms with Gasteiger partial charge in [0.05, 0.1) is 5.69 Å². The second-order valence-corrected chi connectivity index (χ2v) is 3.98. The molecule has 5 heteroatoms. The van der Waals surface area contributed by atoms with Crippen molar-refractivity contribution in [2.45, 2.75) is 20.5 Å². The highest BCUT2D eigenvalue weighted by Crippen LogP contribution is 2.24. The van der Waals surface area contributed by atoms with Gasteiger partial charge in [-0.2, -0.15) is 0 Å². The zero-order chi connectivity index (χ0) is 13.1. The molecule has 1 heterocycles. The number of hydrogen-bond donors (Lipinski definition) is 1. The van der Waals surface area contributed by atoms with Crippen LogP contribution < -0.4 is 4.74 Å². The molecule has 0 atom stereocenters. The third-order valence-corrected chi connectivity index (χ3v) is 2.48. The lowest BCUT2D eigenvalue weighted by Crippen LogP contribution is -2.04. The van der Waals surface area contributed by atoms with Crippen molar-refractivity contribution in [2.24, 2.45) is 0 Å². The second kappa shape index (κ2) is 4.91. The van der Waals surface area contributed by atoms with Crippen molar-refractivity contribution in [2.75, 3.05) is 0 Å². The van der Waals surface area contributed by atoms with Gasteiger partial charge in [-0.25, -0.2) is 4.79 Å². The minimum Gasteiger partial charge on any atom is -0.484 e. The largest absolute Gasteiger partial charge is 0.484 e. The molecular weight excluding hydrogens is 234 g/mol. The average Bonchev–Trinajstić information content (AvgIpc) is 2.73. The first-order valence-electron chi connectivity index (χ1n) is 5.46. The van der Waals surface area contributed by atoms with Gasteiger partial charge in [-0.3, -0.25) is 0 Å². The van der Waals surface area contributed by atoms with E-state index >= 15 is 0 Å². The minimum absolute atomic E-state index is 0.145. The molecule has 0 fully saturated rings. The Balaban J connectivity index is 2.20. The summed E-state index contributed by atoms with van der Waals surface area (Å²) in [5.74, 6) is -0.0893. The number of para-hydroxylation sites is 1. The first-order chi connectivity index (χ1) is 8.58. The van der Waals surface area contributed by atoms with Gasteiger partial charge in [0.15, 0.2) is 5.76 Å². The number of aromatic carboxylic acids is 1. The average molecular weight is 247 g/mol. The van der Waals surface area contributed by atoms with E-state index in [-0.39, 0.29) is 12.2 Å². The number of aryl methyl sites for hydroxylation is 2. The molecule has 0 unspecified atom stereocenters. The first-order valence-corrected chi connectivity index (χ1v) is 5.46. The molecule has 2 aromatic rings. The topological polar surface area (TPSA) is 72.6 Å². The molecule has 0 aliphatic carbocycles. The van der Waals surface area contributed by atoms with Crippen LogP contribution >= 0.6 is 0 Å². The van der Waals surface area contributed by atoms with Gasteiger partial charge in [0, 0.05) is 6.07 Å². The highest BCUT2D eigenvalue weighted by atomic mass is 16.5. The van der Waals surface area contributed by atoms with Crippen molar-refractivity contribution in [3.8, 4) is 5.75 Å². The maximum Gasteiger partial charge on any atom is 0.339 e. The van der Waals surface area contributed by atoms with Gasteiger partial charge in [0.2, 0.25) is 0 Å². The molecule has 2 rings (SSSR count). The van der Waals surface area contributed by atoms with Crippen LogP contribution in [-0.2, 0) is 6.61 Å². The number of carboxylic acid groups (broad SMARTS) is 1. The Morgan fingerprint density at radius 3 is 2.83 bits per heavy atom. The van der Waals surface area contributed by atoms with Gasteiger partial charge in [-0.05, 0) is 25.5 Å². The number of rotatable bonds is 4. The van der Waals surface area contributed by atoms with E-state index < -0.39 is 5.97 Å². The second-order valence-electron chi connectivity index (χ2n) is 3.98. The standard InChI is InChI=1S/C13H13NO4/c1-8-4-3-5-11(13(15)16)12(8)17-7-10-6-9(2)14-18-10/h3-6H,7H2,1-2H3,(H,15,16). The molecule has 0 aliphatic heterocycles. The van der Waals surface area contributed by atoms with Crippen molar-refractivity contribution in [1.82, 2.24) is 5.16 Å². The molecule has 0 saturated carbocycles. The molecule has 5 nitrogen and oxygen atoms in total. The normalized spacial score (nSPS) is 10.3. The lowest BCUT2D eigenvalue weighted by atomic mass is 10.1. The van der Waals surface area contributed by atoms with Crippen LogP contribution in [-0.4, -0.2) is 16.2 Å². The number of nitrogens with zero attached hydrogens (tertiary/aromatic N) is 1. The number of carboxylic acids is 1. The highest BCUT2D eigenvalue weighted by molar-refractivity contribution is 5.91. The fourth-order valence-corrected chi connectivity index (χ4v) is 1.64. The van der Waals surface area contributed by atoms with Gasteiger partial charge in [-0.15, -0.1) is 0 Å². The number of benzene rings is 1. The summed E-state index contributed by atoms with van der Waals surface area (Å²) in [5, 5.41) is 12.8. The number of ether oxygens (including phenoxy) is 1. The van der Waals surface area contributed by atoms with Crippen LogP contribution in [0.25, 0.3) is 0 Å². The molecular formula is C13H13NO4. The predicted octanol–water partition coefficient (Wildman–Crippen LogP) is 2.57. The van der Waals surface area contributed by atoms with Crippen molar-refractivity contribution >= 4 is 5.97 Å². The summed E-state index contributed by atoms with van der Waals surface area (Å²) >= 11 is 0. The summed E-state index contributed by atoms with van der Waals surface area (Å²) in [4.78, 5) is 11.1. The van der Waals surface area contributed by atoms with E-state index in [0.717, 1.165) is 11.3 Å². The number of hydrogen-bond acceptors (Lipinski definition) is 4. The quantitative estimate of drug-likeness (QED) is 0.898. The third kappa shape index (κ3) is 2.51. The number of carbonyl (C=O) groups is 1. The SMILES string of the molecule is Cc1cc(COc2c(C)cccc2C(=O)O)on1. The van der Waals surface area contributed by atoms with Gasteiger partial charge in [0.25, 0.3) is 0 Å². The van der Waals surface area contributed by atoms with Crippen LogP contribution in [0.3, 0.4) is 0 Å². The van der Waals surface area contributed by atoms with Gasteiger partial charge in [-0.1, -0.05) is 17.3 Å². The molecule has 94 valence electrons. The van der Waals surface area contributed by atoms with Crippen molar-refractivity contribution < 1.29 is 19.2 Å². The van der Waals surface area contributed by atoms with E-state index in [0.29, 0.717) is 11.5 Å². The molecule has 0 saturated heterocycles. The van der Waals surface area contributed by atoms with Crippen LogP contribution in [0.2, 0.25) is 0 Å². The number of aromatic nitrogens is 1. The summed E-state index contributed by atoms with van der Waals surface area (Å²) < 4.78 is 10.5. The van der Waals surface area contributed by atoms with E-state index in [2.05, 4.69) is 5.16 Å². The summed E-state index contributed by atoms with van der Waals surface area (Å²) in [6.07, 6.45) is 0. The molecule has 0 bridgehead atoms. The van der Waals surface area contributed by atoms with Crippen LogP contribution in [0.1, 0.15) is 27.4 Å². The van der Waals surface area contributed by atoms with Crippen LogP contribution in [0.5, 0.6) is 5.75 Å². The molecule has 0 radical (unpaired) electrons. The van der Waals surface area contributed by atoms with Gasteiger partial charge >= 0.3 is 5.97 Å². The Morgan fingerprint density at radius 2 is 2.22 bits per heavy atom. The molecule has 1 aromatic carbocycles. The van der Waals surface area contributed by atoms with E-state index in [1.807, 2.05) is 6.92 Å². The van der Waals surface area contributed by atoms with Gasteiger partial charge in [0.1, 0.15) is 17.9 Å². The Labute approximate surface area is 104 Å². The molecule has 18 heavy (non-hydrogen) atoms. The van der Waals surface area contributed by atoms with Crippen molar-refractivity contribution in [3.63, 3.8) is 0 Å². The molecule has 1 aromatic heterocycles. The molecule has 1 N–H and O–H groups in total. The van der Waals surface area contributed by atoms with Gasteiger partial charge < -0.3 is 14.4 Å². The summed E-state index contributed by atoms with van der Waals surface area (Å²) in [5.41, 5.74) is 1.68. The van der Waals surface area contributed by atoms with Crippen molar-refractivity contribution in [1.29, 1.82) is 0 Å². The smallest absolute Gasteiger partial charge is 0.339 e. The predicted molar refractivity (Wildman–Crippen MR) is 63.7 cm³/mol. The maximum atomic E-state index is 11.1. The van der Waals surface area contributed by atoms with E-state index in [1.54, 1.807) is 25.1 Å². The highest BCUT2D eigenvalue weighted by Gasteiger charge is 2.14. The summed E-state index contributed by atoms with van der Waals surface area (Å²) in [7, 11) is 0. The molecule has 0 spiro atoms. The fourth-order valence-electron chi connectivity index (χ4n) is 1.64. The van der Waals surface area contributed by atoms with Crippen LogP contribution in [0.15, 0.2) is 28.8 Å². The lowest BCUT2D eigenvalue weighted by molar-refractivity contribution is 0.0691. The van der Waals surface area contributed by atoms with E-state index in [9.17, 15) is 4.79 Å². The minimum atomic E-state index is -1.01. The Kier molecular flexibility index (Phi) is 3.32. The van der Waals surface area contributed by atoms with E-state index in [1.165, 1.54) is 6.07 Å². The molecule has 0 aliphatic rings. The third-order valence-electron chi connectivity index (χ3n) is 2.48. The van der Waals surface area contributed by atoms with E-state index in [4.69, 9.17) is 14.4 Å². The Bertz CT molecular complexity index is 574. The van der Waals surface area contributed by atoms with Crippen LogP contribution in [0, 0.1) is 13.8 Å². The fraction of sp³-hybridized carbons (Fsp3) is 0.231. The monoisotopic (exact) mass is 247 g/mol. The maximum absolute atomic E-state index is 11.1. The van der Waals surface area contributed by atoms with Crippen molar-refractivity contribution in [3.05, 3.63) is 46.8 Å². The zero-order valence-electron chi connectivity index (χ0n) is 10.1. The Hall–Kier alpha value is -2.30. The Morgan fingerprint density at radius 1 is 1.44 bits per heavy atom.